The Kier molecular flexibility index (Phi) is 5.23. The summed E-state index contributed by atoms with van der Waals surface area (Å²) in [5, 5.41) is 5.35. The Morgan fingerprint density at radius 3 is 2.19 bits per heavy atom. The molecule has 0 saturated carbocycles. The van der Waals surface area contributed by atoms with Crippen molar-refractivity contribution in [3.05, 3.63) is 78.9 Å². The van der Waals surface area contributed by atoms with E-state index < -0.39 is 15.9 Å². The number of carbonyl (C=O) groups excluding carboxylic acids is 1. The molecule has 26 heavy (non-hydrogen) atoms. The third-order valence-electron chi connectivity index (χ3n) is 3.54. The quantitative estimate of drug-likeness (QED) is 0.721. The molecule has 1 aromatic carbocycles. The van der Waals surface area contributed by atoms with Gasteiger partial charge < -0.3 is 10.6 Å². The number of benzene rings is 1. The van der Waals surface area contributed by atoms with E-state index in [9.17, 15) is 13.2 Å². The van der Waals surface area contributed by atoms with Gasteiger partial charge in [-0.2, -0.15) is 0 Å². The fourth-order valence-corrected chi connectivity index (χ4v) is 3.44. The summed E-state index contributed by atoms with van der Waals surface area (Å²) < 4.78 is 25.0. The molecule has 7 nitrogen and oxygen atoms in total. The van der Waals surface area contributed by atoms with Crippen molar-refractivity contribution in [3.63, 3.8) is 0 Å². The zero-order valence-electron chi connectivity index (χ0n) is 13.7. The molecule has 0 spiro atoms. The van der Waals surface area contributed by atoms with E-state index >= 15 is 0 Å². The van der Waals surface area contributed by atoms with Crippen LogP contribution in [0.4, 0.5) is 10.5 Å². The highest BCUT2D eigenvalue weighted by atomic mass is 32.2. The Labute approximate surface area is 151 Å². The molecular weight excluding hydrogens is 352 g/mol. The van der Waals surface area contributed by atoms with E-state index in [4.69, 9.17) is 0 Å². The Morgan fingerprint density at radius 2 is 1.58 bits per heavy atom. The van der Waals surface area contributed by atoms with E-state index in [0.29, 0.717) is 12.2 Å². The Hall–Kier alpha value is -3.26. The maximum Gasteiger partial charge on any atom is 0.319 e. The van der Waals surface area contributed by atoms with Crippen molar-refractivity contribution in [2.75, 3.05) is 5.32 Å². The molecule has 2 aromatic heterocycles. The van der Waals surface area contributed by atoms with Crippen molar-refractivity contribution < 1.29 is 13.2 Å². The Bertz CT molecular complexity index is 976. The second-order valence-corrected chi connectivity index (χ2v) is 7.34. The lowest BCUT2D eigenvalue weighted by molar-refractivity contribution is 0.251. The van der Waals surface area contributed by atoms with Crippen LogP contribution in [0.1, 0.15) is 5.56 Å². The fourth-order valence-electron chi connectivity index (χ4n) is 2.22. The van der Waals surface area contributed by atoms with Crippen LogP contribution >= 0.6 is 0 Å². The lowest BCUT2D eigenvalue weighted by Crippen LogP contribution is -2.28. The number of aromatic nitrogens is 2. The van der Waals surface area contributed by atoms with Gasteiger partial charge in [0.2, 0.25) is 9.84 Å². The van der Waals surface area contributed by atoms with Gasteiger partial charge in [0.1, 0.15) is 0 Å². The van der Waals surface area contributed by atoms with Crippen LogP contribution in [0.5, 0.6) is 0 Å². The van der Waals surface area contributed by atoms with Crippen LogP contribution in [0.25, 0.3) is 0 Å². The first-order valence-corrected chi connectivity index (χ1v) is 9.23. The summed E-state index contributed by atoms with van der Waals surface area (Å²) in [6.07, 6.45) is 6.13. The average molecular weight is 368 g/mol. The fraction of sp³-hybridized carbons (Fsp3) is 0.0556. The molecule has 8 heteroatoms. The summed E-state index contributed by atoms with van der Waals surface area (Å²) in [4.78, 5) is 20.0. The maximum absolute atomic E-state index is 12.5. The Morgan fingerprint density at radius 1 is 0.885 bits per heavy atom. The van der Waals surface area contributed by atoms with E-state index in [0.717, 1.165) is 5.56 Å². The van der Waals surface area contributed by atoms with Crippen molar-refractivity contribution in [3.8, 4) is 0 Å². The number of nitrogens with one attached hydrogen (secondary N) is 2. The number of hydrogen-bond donors (Lipinski definition) is 2. The summed E-state index contributed by atoms with van der Waals surface area (Å²) in [5.74, 6) is 0. The van der Waals surface area contributed by atoms with Gasteiger partial charge in [-0.05, 0) is 48.0 Å². The molecule has 2 N–H and O–H groups in total. The molecule has 3 aromatic rings. The predicted octanol–water partition coefficient (Wildman–Crippen LogP) is 2.63. The van der Waals surface area contributed by atoms with Crippen LogP contribution in [0.3, 0.4) is 0 Å². The number of carbonyl (C=O) groups is 1. The number of anilines is 1. The number of rotatable bonds is 5. The van der Waals surface area contributed by atoms with E-state index in [1.165, 1.54) is 42.7 Å². The smallest absolute Gasteiger partial charge is 0.319 e. The zero-order chi connectivity index (χ0) is 18.4. The molecule has 0 aliphatic rings. The predicted molar refractivity (Wildman–Crippen MR) is 96.2 cm³/mol. The third kappa shape index (κ3) is 4.22. The number of urea groups is 1. The van der Waals surface area contributed by atoms with Gasteiger partial charge in [0, 0.05) is 37.0 Å². The molecular formula is C18H16N4O3S. The van der Waals surface area contributed by atoms with Crippen LogP contribution in [-0.4, -0.2) is 24.4 Å². The number of sulfone groups is 1. The molecule has 3 rings (SSSR count). The zero-order valence-corrected chi connectivity index (χ0v) is 14.5. The normalized spacial score (nSPS) is 10.9. The maximum atomic E-state index is 12.5. The van der Waals surface area contributed by atoms with Crippen LogP contribution in [-0.2, 0) is 16.4 Å². The van der Waals surface area contributed by atoms with Crippen LogP contribution in [0, 0.1) is 0 Å². The number of amides is 2. The lowest BCUT2D eigenvalue weighted by Gasteiger charge is -2.09. The van der Waals surface area contributed by atoms with Crippen LogP contribution in [0.15, 0.2) is 83.1 Å². The highest BCUT2D eigenvalue weighted by molar-refractivity contribution is 7.91. The molecule has 0 aliphatic heterocycles. The minimum absolute atomic E-state index is 0.120. The van der Waals surface area contributed by atoms with Gasteiger partial charge in [0.05, 0.1) is 9.79 Å². The van der Waals surface area contributed by atoms with Gasteiger partial charge in [0.15, 0.2) is 0 Å². The summed E-state index contributed by atoms with van der Waals surface area (Å²) in [6, 6.07) is 12.3. The average Bonchev–Trinajstić information content (AvgIpc) is 2.68. The highest BCUT2D eigenvalue weighted by Gasteiger charge is 2.17. The van der Waals surface area contributed by atoms with E-state index in [2.05, 4.69) is 20.6 Å². The van der Waals surface area contributed by atoms with Crippen molar-refractivity contribution in [2.45, 2.75) is 16.3 Å². The minimum Gasteiger partial charge on any atom is -0.334 e. The molecule has 0 bridgehead atoms. The summed E-state index contributed by atoms with van der Waals surface area (Å²) in [7, 11) is -3.63. The highest BCUT2D eigenvalue weighted by Crippen LogP contribution is 2.21. The van der Waals surface area contributed by atoms with Gasteiger partial charge in [-0.25, -0.2) is 13.2 Å². The van der Waals surface area contributed by atoms with Gasteiger partial charge in [-0.3, -0.25) is 9.97 Å². The molecule has 0 atom stereocenters. The van der Waals surface area contributed by atoms with Crippen LogP contribution < -0.4 is 10.6 Å². The van der Waals surface area contributed by atoms with Crippen molar-refractivity contribution >= 4 is 21.6 Å². The number of nitrogens with zero attached hydrogens (tertiary/aromatic N) is 2. The van der Waals surface area contributed by atoms with Crippen LogP contribution in [0.2, 0.25) is 0 Å². The first-order chi connectivity index (χ1) is 12.6. The summed E-state index contributed by atoms with van der Waals surface area (Å²) >= 11 is 0. The number of hydrogen-bond acceptors (Lipinski definition) is 5. The topological polar surface area (TPSA) is 101 Å². The molecule has 2 heterocycles. The first-order valence-electron chi connectivity index (χ1n) is 7.75. The van der Waals surface area contributed by atoms with Crippen molar-refractivity contribution in [1.82, 2.24) is 15.3 Å². The molecule has 132 valence electrons. The molecule has 0 saturated heterocycles. The monoisotopic (exact) mass is 368 g/mol. The Balaban J connectivity index is 1.63. The minimum atomic E-state index is -3.63. The third-order valence-corrected chi connectivity index (χ3v) is 5.30. The SMILES string of the molecule is O=C(NCc1cccnc1)Nc1ccc(S(=O)(=O)c2cccnc2)cc1. The summed E-state index contributed by atoms with van der Waals surface area (Å²) in [6.45, 7) is 0.340. The second kappa shape index (κ2) is 7.75. The standard InChI is InChI=1S/C18H16N4O3S/c23-18(21-12-14-3-1-9-19-11-14)22-15-5-7-16(8-6-15)26(24,25)17-4-2-10-20-13-17/h1-11,13H,12H2,(H2,21,22,23). The van der Waals surface area contributed by atoms with Crippen molar-refractivity contribution in [1.29, 1.82) is 0 Å². The second-order valence-electron chi connectivity index (χ2n) is 5.39. The molecule has 2 amide bonds. The molecule has 0 unspecified atom stereocenters. The van der Waals surface area contributed by atoms with Gasteiger partial charge >= 0.3 is 6.03 Å². The lowest BCUT2D eigenvalue weighted by atomic mass is 10.3. The number of pyridine rings is 2. The largest absolute Gasteiger partial charge is 0.334 e. The van der Waals surface area contributed by atoms with Crippen molar-refractivity contribution in [2.24, 2.45) is 0 Å². The summed E-state index contributed by atoms with van der Waals surface area (Å²) in [5.41, 5.74) is 1.36. The first kappa shape index (κ1) is 17.6. The molecule has 0 radical (unpaired) electrons. The van der Waals surface area contributed by atoms with E-state index in [1.54, 1.807) is 24.5 Å². The van der Waals surface area contributed by atoms with E-state index in [-0.39, 0.29) is 9.79 Å². The molecule has 0 aliphatic carbocycles. The molecule has 0 fully saturated rings. The van der Waals surface area contributed by atoms with Gasteiger partial charge in [0.25, 0.3) is 0 Å². The van der Waals surface area contributed by atoms with Gasteiger partial charge in [-0.1, -0.05) is 6.07 Å². The van der Waals surface area contributed by atoms with Gasteiger partial charge in [-0.15, -0.1) is 0 Å². The van der Waals surface area contributed by atoms with E-state index in [1.807, 2.05) is 6.07 Å².